The summed E-state index contributed by atoms with van der Waals surface area (Å²) < 4.78 is 5.36. The summed E-state index contributed by atoms with van der Waals surface area (Å²) in [5.41, 5.74) is 3.59. The number of benzene rings is 1. The van der Waals surface area contributed by atoms with Crippen LogP contribution in [0.1, 0.15) is 23.2 Å². The number of hydrogen-bond donors (Lipinski definition) is 1. The third-order valence-electron chi connectivity index (χ3n) is 4.36. The number of morpholine rings is 1. The maximum atomic E-state index is 12.1. The molecule has 0 spiro atoms. The first-order chi connectivity index (χ1) is 12.6. The number of rotatable bonds is 7. The van der Waals surface area contributed by atoms with E-state index in [0.29, 0.717) is 11.6 Å². The summed E-state index contributed by atoms with van der Waals surface area (Å²) in [5.74, 6) is 0.786. The summed E-state index contributed by atoms with van der Waals surface area (Å²) in [6.45, 7) is 8.49. The zero-order valence-electron chi connectivity index (χ0n) is 15.3. The van der Waals surface area contributed by atoms with Crippen LogP contribution in [0, 0.1) is 13.8 Å². The fourth-order valence-electron chi connectivity index (χ4n) is 2.67. The molecule has 0 bridgehead atoms. The number of thioether (sulfide) groups is 1. The number of carbonyl (C=O) groups excluding carboxylic acids is 1. The SMILES string of the molecule is Cc1ccc(SCCC(=O)Nc2nc(CN3CCOCC3)cs2)cc1C. The molecule has 0 aliphatic carbocycles. The van der Waals surface area contributed by atoms with Crippen LogP contribution in [0.25, 0.3) is 0 Å². The van der Waals surface area contributed by atoms with Crippen LogP contribution in [0.5, 0.6) is 0 Å². The molecule has 2 aromatic rings. The lowest BCUT2D eigenvalue weighted by Crippen LogP contribution is -2.35. The van der Waals surface area contributed by atoms with E-state index in [9.17, 15) is 4.79 Å². The van der Waals surface area contributed by atoms with Crippen LogP contribution < -0.4 is 5.32 Å². The van der Waals surface area contributed by atoms with Gasteiger partial charge in [-0.1, -0.05) is 6.07 Å². The molecule has 3 rings (SSSR count). The van der Waals surface area contributed by atoms with E-state index in [-0.39, 0.29) is 5.91 Å². The van der Waals surface area contributed by atoms with Gasteiger partial charge in [0, 0.05) is 42.1 Å². The Balaban J connectivity index is 1.41. The Labute approximate surface area is 163 Å². The van der Waals surface area contributed by atoms with E-state index in [1.807, 2.05) is 5.38 Å². The second-order valence-electron chi connectivity index (χ2n) is 6.43. The minimum absolute atomic E-state index is 0.0219. The van der Waals surface area contributed by atoms with Crippen molar-refractivity contribution >= 4 is 34.1 Å². The smallest absolute Gasteiger partial charge is 0.226 e. The summed E-state index contributed by atoms with van der Waals surface area (Å²) in [7, 11) is 0. The number of anilines is 1. The maximum Gasteiger partial charge on any atom is 0.226 e. The van der Waals surface area contributed by atoms with Crippen LogP contribution in [0.15, 0.2) is 28.5 Å². The van der Waals surface area contributed by atoms with Crippen LogP contribution >= 0.6 is 23.1 Å². The van der Waals surface area contributed by atoms with Crippen molar-refractivity contribution in [3.8, 4) is 0 Å². The van der Waals surface area contributed by atoms with Gasteiger partial charge < -0.3 is 10.1 Å². The molecule has 0 atom stereocenters. The van der Waals surface area contributed by atoms with E-state index < -0.39 is 0 Å². The Morgan fingerprint density at radius 1 is 1.31 bits per heavy atom. The summed E-state index contributed by atoms with van der Waals surface area (Å²) in [6, 6.07) is 6.42. The van der Waals surface area contributed by atoms with Crippen molar-refractivity contribution in [3.63, 3.8) is 0 Å². The van der Waals surface area contributed by atoms with Crippen LogP contribution in [0.2, 0.25) is 0 Å². The number of ether oxygens (including phenoxy) is 1. The molecule has 26 heavy (non-hydrogen) atoms. The minimum Gasteiger partial charge on any atom is -0.379 e. The first-order valence-corrected chi connectivity index (χ1v) is 10.7. The summed E-state index contributed by atoms with van der Waals surface area (Å²) in [6.07, 6.45) is 0.482. The number of thiazole rings is 1. The zero-order chi connectivity index (χ0) is 18.4. The highest BCUT2D eigenvalue weighted by Gasteiger charge is 2.13. The highest BCUT2D eigenvalue weighted by Crippen LogP contribution is 2.22. The molecule has 1 aromatic heterocycles. The Morgan fingerprint density at radius 3 is 2.88 bits per heavy atom. The lowest BCUT2D eigenvalue weighted by Gasteiger charge is -2.25. The van der Waals surface area contributed by atoms with E-state index in [1.54, 1.807) is 11.8 Å². The van der Waals surface area contributed by atoms with E-state index in [4.69, 9.17) is 4.74 Å². The molecular weight excluding hydrogens is 366 g/mol. The van der Waals surface area contributed by atoms with Crippen molar-refractivity contribution in [1.29, 1.82) is 0 Å². The summed E-state index contributed by atoms with van der Waals surface area (Å²) >= 11 is 3.21. The Morgan fingerprint density at radius 2 is 2.12 bits per heavy atom. The molecular formula is C19H25N3O2S2. The predicted molar refractivity (Wildman–Crippen MR) is 108 cm³/mol. The highest BCUT2D eigenvalue weighted by atomic mass is 32.2. The van der Waals surface area contributed by atoms with Crippen LogP contribution in [0.3, 0.4) is 0 Å². The quantitative estimate of drug-likeness (QED) is 0.729. The summed E-state index contributed by atoms with van der Waals surface area (Å²) in [4.78, 5) is 20.2. The number of aromatic nitrogens is 1. The molecule has 1 fully saturated rings. The number of aryl methyl sites for hydroxylation is 2. The topological polar surface area (TPSA) is 54.5 Å². The van der Waals surface area contributed by atoms with Gasteiger partial charge in [-0.15, -0.1) is 23.1 Å². The van der Waals surface area contributed by atoms with Gasteiger partial charge in [0.25, 0.3) is 0 Å². The maximum absolute atomic E-state index is 12.1. The molecule has 1 aromatic carbocycles. The third kappa shape index (κ3) is 5.81. The standard InChI is InChI=1S/C19H25N3O2S2/c1-14-3-4-17(11-15(14)2)25-10-5-18(23)21-19-20-16(13-26-19)12-22-6-8-24-9-7-22/h3-4,11,13H,5-10,12H2,1-2H3,(H,20,21,23). The second kappa shape index (κ2) is 9.50. The van der Waals surface area contributed by atoms with Crippen LogP contribution in [-0.4, -0.2) is 47.8 Å². The van der Waals surface area contributed by atoms with Crippen LogP contribution in [-0.2, 0) is 16.1 Å². The van der Waals surface area contributed by atoms with Gasteiger partial charge in [-0.2, -0.15) is 0 Å². The molecule has 1 saturated heterocycles. The Kier molecular flexibility index (Phi) is 7.07. The van der Waals surface area contributed by atoms with E-state index in [2.05, 4.69) is 47.2 Å². The van der Waals surface area contributed by atoms with Gasteiger partial charge in [-0.3, -0.25) is 9.69 Å². The first kappa shape index (κ1) is 19.4. The molecule has 0 saturated carbocycles. The van der Waals surface area contributed by atoms with Crippen molar-refractivity contribution in [2.24, 2.45) is 0 Å². The van der Waals surface area contributed by atoms with Crippen molar-refractivity contribution in [2.45, 2.75) is 31.7 Å². The molecule has 0 radical (unpaired) electrons. The third-order valence-corrected chi connectivity index (χ3v) is 6.17. The second-order valence-corrected chi connectivity index (χ2v) is 8.45. The van der Waals surface area contributed by atoms with Crippen molar-refractivity contribution in [3.05, 3.63) is 40.4 Å². The normalized spacial score (nSPS) is 15.2. The number of nitrogens with one attached hydrogen (secondary N) is 1. The monoisotopic (exact) mass is 391 g/mol. The van der Waals surface area contributed by atoms with Gasteiger partial charge >= 0.3 is 0 Å². The molecule has 1 amide bonds. The molecule has 140 valence electrons. The minimum atomic E-state index is 0.0219. The molecule has 2 heterocycles. The Bertz CT molecular complexity index is 742. The largest absolute Gasteiger partial charge is 0.379 e. The van der Waals surface area contributed by atoms with Crippen molar-refractivity contribution < 1.29 is 9.53 Å². The van der Waals surface area contributed by atoms with Gasteiger partial charge in [0.15, 0.2) is 5.13 Å². The predicted octanol–water partition coefficient (Wildman–Crippen LogP) is 3.71. The van der Waals surface area contributed by atoms with Gasteiger partial charge in [0.1, 0.15) is 0 Å². The molecule has 0 unspecified atom stereocenters. The summed E-state index contributed by atoms with van der Waals surface area (Å²) in [5, 5.41) is 5.63. The van der Waals surface area contributed by atoms with Gasteiger partial charge in [0.05, 0.1) is 18.9 Å². The van der Waals surface area contributed by atoms with E-state index in [1.165, 1.54) is 27.4 Å². The molecule has 1 aliphatic rings. The Hall–Kier alpha value is -1.41. The fourth-order valence-corrected chi connectivity index (χ4v) is 4.34. The number of hydrogen-bond acceptors (Lipinski definition) is 6. The first-order valence-electron chi connectivity index (χ1n) is 8.84. The van der Waals surface area contributed by atoms with Crippen molar-refractivity contribution in [1.82, 2.24) is 9.88 Å². The average Bonchev–Trinajstić information content (AvgIpc) is 3.05. The van der Waals surface area contributed by atoms with Crippen molar-refractivity contribution in [2.75, 3.05) is 37.4 Å². The lowest BCUT2D eigenvalue weighted by atomic mass is 10.1. The van der Waals surface area contributed by atoms with E-state index >= 15 is 0 Å². The van der Waals surface area contributed by atoms with Gasteiger partial charge in [-0.05, 0) is 37.1 Å². The molecule has 1 N–H and O–H groups in total. The average molecular weight is 392 g/mol. The lowest BCUT2D eigenvalue weighted by molar-refractivity contribution is -0.115. The van der Waals surface area contributed by atoms with Crippen LogP contribution in [0.4, 0.5) is 5.13 Å². The van der Waals surface area contributed by atoms with E-state index in [0.717, 1.165) is 44.3 Å². The fraction of sp³-hybridized carbons (Fsp3) is 0.474. The number of amides is 1. The molecule has 1 aliphatic heterocycles. The van der Waals surface area contributed by atoms with Gasteiger partial charge in [0.2, 0.25) is 5.91 Å². The molecule has 5 nitrogen and oxygen atoms in total. The number of carbonyl (C=O) groups is 1. The van der Waals surface area contributed by atoms with Gasteiger partial charge in [-0.25, -0.2) is 4.98 Å². The number of nitrogens with zero attached hydrogens (tertiary/aromatic N) is 2. The molecule has 7 heteroatoms. The highest BCUT2D eigenvalue weighted by molar-refractivity contribution is 7.99. The zero-order valence-corrected chi connectivity index (χ0v) is 16.9.